The van der Waals surface area contributed by atoms with Crippen LogP contribution in [0.5, 0.6) is 0 Å². The summed E-state index contributed by atoms with van der Waals surface area (Å²) in [5, 5.41) is 11.0. The molecule has 6 nitrogen and oxygen atoms in total. The van der Waals surface area contributed by atoms with E-state index in [2.05, 4.69) is 46.6 Å². The van der Waals surface area contributed by atoms with Gasteiger partial charge in [0, 0.05) is 32.4 Å². The maximum absolute atomic E-state index is 4.64. The lowest BCUT2D eigenvalue weighted by molar-refractivity contribution is 0.264. The minimum Gasteiger partial charge on any atom is -0.357 e. The van der Waals surface area contributed by atoms with Crippen molar-refractivity contribution in [1.29, 1.82) is 0 Å². The minimum atomic E-state index is 0. The Morgan fingerprint density at radius 2 is 2.18 bits per heavy atom. The fraction of sp³-hybridized carbons (Fsp3) is 0.733. The molecule has 7 heteroatoms. The van der Waals surface area contributed by atoms with Crippen molar-refractivity contribution in [1.82, 2.24) is 25.3 Å². The van der Waals surface area contributed by atoms with Crippen LogP contribution in [0.1, 0.15) is 25.5 Å². The number of hydrogen-bond donors (Lipinski definition) is 2. The van der Waals surface area contributed by atoms with Crippen molar-refractivity contribution in [2.45, 2.75) is 32.4 Å². The summed E-state index contributed by atoms with van der Waals surface area (Å²) >= 11 is 0. The van der Waals surface area contributed by atoms with Crippen molar-refractivity contribution in [3.63, 3.8) is 0 Å². The fourth-order valence-electron chi connectivity index (χ4n) is 2.51. The zero-order valence-electron chi connectivity index (χ0n) is 14.0. The number of nitrogens with one attached hydrogen (secondary N) is 2. The summed E-state index contributed by atoms with van der Waals surface area (Å²) in [5.41, 5.74) is 1.11. The van der Waals surface area contributed by atoms with E-state index in [1.807, 2.05) is 17.8 Å². The molecule has 1 aliphatic carbocycles. The summed E-state index contributed by atoms with van der Waals surface area (Å²) in [6.45, 7) is 4.54. The fourth-order valence-corrected chi connectivity index (χ4v) is 2.51. The van der Waals surface area contributed by atoms with Gasteiger partial charge in [-0.05, 0) is 45.8 Å². The normalized spacial score (nSPS) is 16.3. The van der Waals surface area contributed by atoms with Gasteiger partial charge in [-0.25, -0.2) is 4.99 Å². The van der Waals surface area contributed by atoms with E-state index >= 15 is 0 Å². The second-order valence-corrected chi connectivity index (χ2v) is 5.89. The maximum atomic E-state index is 4.64. The molecular formula is C15H29IN6. The highest BCUT2D eigenvalue weighted by Crippen LogP contribution is 2.34. The average molecular weight is 420 g/mol. The molecule has 0 saturated heterocycles. The minimum absolute atomic E-state index is 0. The number of rotatable bonds is 7. The Bertz CT molecular complexity index is 464. The van der Waals surface area contributed by atoms with Gasteiger partial charge < -0.3 is 15.5 Å². The third-order valence-corrected chi connectivity index (χ3v) is 3.97. The van der Waals surface area contributed by atoms with Crippen LogP contribution >= 0.6 is 24.0 Å². The number of aromatic nitrogens is 2. The van der Waals surface area contributed by atoms with E-state index < -0.39 is 0 Å². The van der Waals surface area contributed by atoms with Crippen LogP contribution < -0.4 is 10.6 Å². The highest BCUT2D eigenvalue weighted by Gasteiger charge is 2.32. The van der Waals surface area contributed by atoms with Gasteiger partial charge in [0.2, 0.25) is 0 Å². The van der Waals surface area contributed by atoms with Crippen molar-refractivity contribution >= 4 is 29.9 Å². The Morgan fingerprint density at radius 1 is 1.45 bits per heavy atom. The van der Waals surface area contributed by atoms with Crippen LogP contribution in [-0.2, 0) is 13.6 Å². The van der Waals surface area contributed by atoms with Gasteiger partial charge in [0.25, 0.3) is 0 Å². The lowest BCUT2D eigenvalue weighted by Gasteiger charge is -2.25. The molecular weight excluding hydrogens is 391 g/mol. The zero-order valence-corrected chi connectivity index (χ0v) is 16.4. The van der Waals surface area contributed by atoms with Gasteiger partial charge >= 0.3 is 0 Å². The molecule has 1 fully saturated rings. The van der Waals surface area contributed by atoms with E-state index in [0.717, 1.165) is 30.7 Å². The van der Waals surface area contributed by atoms with Crippen molar-refractivity contribution in [2.24, 2.45) is 18.0 Å². The Labute approximate surface area is 150 Å². The molecule has 1 heterocycles. The number of nitrogens with zero attached hydrogens (tertiary/aromatic N) is 4. The summed E-state index contributed by atoms with van der Waals surface area (Å²) in [5.74, 6) is 1.72. The monoisotopic (exact) mass is 420 g/mol. The predicted octanol–water partition coefficient (Wildman–Crippen LogP) is 1.43. The van der Waals surface area contributed by atoms with Crippen LogP contribution in [0.3, 0.4) is 0 Å². The number of guanidine groups is 1. The average Bonchev–Trinajstić information content (AvgIpc) is 3.19. The third kappa shape index (κ3) is 5.75. The van der Waals surface area contributed by atoms with Gasteiger partial charge in [0.05, 0.1) is 12.2 Å². The SMILES string of the molecule is CCNC(=NCc1ccnn1C)NCC(C1CC1)N(C)C.I. The van der Waals surface area contributed by atoms with Crippen LogP contribution in [0.2, 0.25) is 0 Å². The van der Waals surface area contributed by atoms with Gasteiger partial charge in [-0.2, -0.15) is 5.10 Å². The summed E-state index contributed by atoms with van der Waals surface area (Å²) in [6, 6.07) is 2.59. The zero-order chi connectivity index (χ0) is 15.2. The standard InChI is InChI=1S/C15H28N6.HI/c1-5-16-15(17-10-13-8-9-19-21(13)4)18-11-14(20(2)3)12-6-7-12;/h8-9,12,14H,5-7,10-11H2,1-4H3,(H2,16,17,18);1H. The van der Waals surface area contributed by atoms with E-state index in [9.17, 15) is 0 Å². The molecule has 2 rings (SSSR count). The maximum Gasteiger partial charge on any atom is 0.191 e. The molecule has 0 bridgehead atoms. The van der Waals surface area contributed by atoms with E-state index in [-0.39, 0.29) is 24.0 Å². The number of aryl methyl sites for hydroxylation is 1. The van der Waals surface area contributed by atoms with Crippen LogP contribution in [-0.4, -0.2) is 53.9 Å². The molecule has 1 unspecified atom stereocenters. The van der Waals surface area contributed by atoms with E-state index in [1.54, 1.807) is 6.20 Å². The van der Waals surface area contributed by atoms with Crippen LogP contribution in [0.4, 0.5) is 0 Å². The van der Waals surface area contributed by atoms with Gasteiger partial charge in [0.1, 0.15) is 0 Å². The highest BCUT2D eigenvalue weighted by molar-refractivity contribution is 14.0. The van der Waals surface area contributed by atoms with Crippen LogP contribution in [0.15, 0.2) is 17.3 Å². The molecule has 0 spiro atoms. The lowest BCUT2D eigenvalue weighted by Crippen LogP contribution is -2.46. The van der Waals surface area contributed by atoms with E-state index in [4.69, 9.17) is 0 Å². The second kappa shape index (κ2) is 9.34. The first kappa shape index (κ1) is 19.2. The van der Waals surface area contributed by atoms with E-state index in [1.165, 1.54) is 12.8 Å². The molecule has 1 aliphatic rings. The van der Waals surface area contributed by atoms with Crippen molar-refractivity contribution in [2.75, 3.05) is 27.2 Å². The molecule has 2 N–H and O–H groups in total. The number of halogens is 1. The van der Waals surface area contributed by atoms with E-state index in [0.29, 0.717) is 12.6 Å². The third-order valence-electron chi connectivity index (χ3n) is 3.97. The van der Waals surface area contributed by atoms with Gasteiger partial charge in [-0.3, -0.25) is 4.68 Å². The molecule has 1 aromatic rings. The summed E-state index contributed by atoms with van der Waals surface area (Å²) in [6.07, 6.45) is 4.51. The van der Waals surface area contributed by atoms with Crippen LogP contribution in [0.25, 0.3) is 0 Å². The Hall–Kier alpha value is -0.830. The van der Waals surface area contributed by atoms with Crippen LogP contribution in [0, 0.1) is 5.92 Å². The predicted molar refractivity (Wildman–Crippen MR) is 102 cm³/mol. The molecule has 1 saturated carbocycles. The number of aliphatic imine (C=N–C) groups is 1. The quantitative estimate of drug-likeness (QED) is 0.398. The number of likely N-dealkylation sites (N-methyl/N-ethyl adjacent to an activating group) is 1. The number of hydrogen-bond acceptors (Lipinski definition) is 3. The Morgan fingerprint density at radius 3 is 2.68 bits per heavy atom. The first-order valence-electron chi connectivity index (χ1n) is 7.77. The van der Waals surface area contributed by atoms with Crippen molar-refractivity contribution in [3.8, 4) is 0 Å². The second-order valence-electron chi connectivity index (χ2n) is 5.89. The van der Waals surface area contributed by atoms with Gasteiger partial charge in [-0.15, -0.1) is 24.0 Å². The first-order chi connectivity index (χ1) is 10.1. The Kier molecular flexibility index (Phi) is 8.16. The van der Waals surface area contributed by atoms with Gasteiger partial charge in [0.15, 0.2) is 5.96 Å². The summed E-state index contributed by atoms with van der Waals surface area (Å²) < 4.78 is 1.86. The molecule has 1 atom stereocenters. The smallest absolute Gasteiger partial charge is 0.191 e. The topological polar surface area (TPSA) is 57.5 Å². The molecule has 0 amide bonds. The Balaban J connectivity index is 0.00000242. The molecule has 22 heavy (non-hydrogen) atoms. The molecule has 126 valence electrons. The van der Waals surface area contributed by atoms with Crippen molar-refractivity contribution in [3.05, 3.63) is 18.0 Å². The summed E-state index contributed by atoms with van der Waals surface area (Å²) in [4.78, 5) is 6.96. The molecule has 1 aromatic heterocycles. The largest absolute Gasteiger partial charge is 0.357 e. The first-order valence-corrected chi connectivity index (χ1v) is 7.77. The summed E-state index contributed by atoms with van der Waals surface area (Å²) in [7, 11) is 6.26. The van der Waals surface area contributed by atoms with Gasteiger partial charge in [-0.1, -0.05) is 0 Å². The highest BCUT2D eigenvalue weighted by atomic mass is 127. The molecule has 0 aromatic carbocycles. The molecule has 0 radical (unpaired) electrons. The molecule has 0 aliphatic heterocycles. The van der Waals surface area contributed by atoms with Crippen molar-refractivity contribution < 1.29 is 0 Å². The lowest BCUT2D eigenvalue weighted by atomic mass is 10.1.